The van der Waals surface area contributed by atoms with E-state index in [-0.39, 0.29) is 15.7 Å². The number of hydrogen-bond acceptors (Lipinski definition) is 2. The van der Waals surface area contributed by atoms with E-state index in [0.29, 0.717) is 17.5 Å². The highest BCUT2D eigenvalue weighted by atomic mass is 79.9. The second-order valence-electron chi connectivity index (χ2n) is 4.30. The molecule has 0 saturated heterocycles. The summed E-state index contributed by atoms with van der Waals surface area (Å²) in [5, 5.41) is 3.14. The summed E-state index contributed by atoms with van der Waals surface area (Å²) in [5.41, 5.74) is -0.308. The number of hydrogen-bond donors (Lipinski definition) is 1. The minimum absolute atomic E-state index is 0.107. The topological polar surface area (TPSA) is 24.9 Å². The molecule has 0 amide bonds. The lowest BCUT2D eigenvalue weighted by atomic mass is 10.1. The summed E-state index contributed by atoms with van der Waals surface area (Å²) in [6, 6.07) is 2.06. The third-order valence-corrected chi connectivity index (χ3v) is 3.60. The molecular weight excluding hydrogens is 340 g/mol. The van der Waals surface area contributed by atoms with Crippen LogP contribution in [0.15, 0.2) is 16.6 Å². The van der Waals surface area contributed by atoms with Gasteiger partial charge in [0.15, 0.2) is 0 Å². The monoisotopic (exact) mass is 350 g/mol. The molecule has 0 unspecified atom stereocenters. The minimum atomic E-state index is -4.55. The number of anilines is 1. The van der Waals surface area contributed by atoms with Crippen LogP contribution >= 0.6 is 15.9 Å². The first kappa shape index (κ1) is 15.0. The Kier molecular flexibility index (Phi) is 3.90. The van der Waals surface area contributed by atoms with Crippen molar-refractivity contribution in [3.8, 4) is 0 Å². The molecule has 0 saturated carbocycles. The van der Waals surface area contributed by atoms with Gasteiger partial charge in [0.25, 0.3) is 0 Å². The number of benzene rings is 1. The van der Waals surface area contributed by atoms with Crippen LogP contribution < -0.4 is 5.32 Å². The van der Waals surface area contributed by atoms with Gasteiger partial charge < -0.3 is 5.32 Å². The van der Waals surface area contributed by atoms with Gasteiger partial charge in [0.05, 0.1) is 9.99 Å². The molecule has 108 valence electrons. The molecule has 2 rings (SSSR count). The summed E-state index contributed by atoms with van der Waals surface area (Å²) >= 11 is 3.07. The Balaban J connectivity index is 2.89. The Hall–Kier alpha value is -1.37. The molecule has 1 heterocycles. The molecule has 0 aliphatic carbocycles. The third kappa shape index (κ3) is 2.59. The highest BCUT2D eigenvalue weighted by Crippen LogP contribution is 2.38. The van der Waals surface area contributed by atoms with E-state index >= 15 is 0 Å². The van der Waals surface area contributed by atoms with Crippen molar-refractivity contribution in [1.82, 2.24) is 4.98 Å². The van der Waals surface area contributed by atoms with Crippen LogP contribution in [0.1, 0.15) is 18.2 Å². The molecule has 0 radical (unpaired) electrons. The lowest BCUT2D eigenvalue weighted by molar-refractivity contribution is -0.140. The predicted molar refractivity (Wildman–Crippen MR) is 73.3 cm³/mol. The van der Waals surface area contributed by atoms with Crippen LogP contribution in [0.4, 0.5) is 23.2 Å². The van der Waals surface area contributed by atoms with Crippen molar-refractivity contribution >= 4 is 32.5 Å². The molecule has 0 spiro atoms. The van der Waals surface area contributed by atoms with Crippen LogP contribution in [0.2, 0.25) is 0 Å². The fourth-order valence-electron chi connectivity index (χ4n) is 1.97. The average molecular weight is 351 g/mol. The SMILES string of the molecule is CCNc1cc(C(F)(F)F)nc2c(C)cc(F)c(Br)c12. The van der Waals surface area contributed by atoms with Crippen molar-refractivity contribution in [2.75, 3.05) is 11.9 Å². The lowest BCUT2D eigenvalue weighted by Gasteiger charge is -2.15. The number of rotatable bonds is 2. The summed E-state index contributed by atoms with van der Waals surface area (Å²) in [6.45, 7) is 3.69. The number of halogens is 5. The van der Waals surface area contributed by atoms with Gasteiger partial charge in [-0.15, -0.1) is 0 Å². The van der Waals surface area contributed by atoms with Crippen LogP contribution in [0.3, 0.4) is 0 Å². The van der Waals surface area contributed by atoms with E-state index in [1.807, 2.05) is 0 Å². The van der Waals surface area contributed by atoms with Crippen molar-refractivity contribution < 1.29 is 17.6 Å². The number of fused-ring (bicyclic) bond motifs is 1. The molecule has 0 fully saturated rings. The van der Waals surface area contributed by atoms with Crippen LogP contribution in [-0.4, -0.2) is 11.5 Å². The van der Waals surface area contributed by atoms with Crippen LogP contribution in [0, 0.1) is 12.7 Å². The maximum atomic E-state index is 13.7. The number of nitrogens with zero attached hydrogens (tertiary/aromatic N) is 1. The smallest absolute Gasteiger partial charge is 0.385 e. The number of alkyl halides is 3. The van der Waals surface area contributed by atoms with Crippen molar-refractivity contribution in [2.24, 2.45) is 0 Å². The normalized spacial score (nSPS) is 11.9. The summed E-state index contributed by atoms with van der Waals surface area (Å²) in [7, 11) is 0. The maximum Gasteiger partial charge on any atom is 0.433 e. The molecule has 1 aromatic carbocycles. The summed E-state index contributed by atoms with van der Waals surface area (Å²) in [5.74, 6) is -0.532. The van der Waals surface area contributed by atoms with E-state index in [4.69, 9.17) is 0 Å². The van der Waals surface area contributed by atoms with E-state index in [2.05, 4.69) is 26.2 Å². The Morgan fingerprint density at radius 2 is 1.95 bits per heavy atom. The van der Waals surface area contributed by atoms with E-state index in [1.165, 1.54) is 6.92 Å². The molecule has 0 aliphatic rings. The van der Waals surface area contributed by atoms with Crippen molar-refractivity contribution in [3.05, 3.63) is 33.7 Å². The quantitative estimate of drug-likeness (QED) is 0.779. The first-order chi connectivity index (χ1) is 9.25. The molecule has 1 N–H and O–H groups in total. The van der Waals surface area contributed by atoms with E-state index in [9.17, 15) is 17.6 Å². The van der Waals surface area contributed by atoms with Gasteiger partial charge >= 0.3 is 6.18 Å². The standard InChI is InChI=1S/C13H11BrF4N2/c1-3-19-8-5-9(13(16,17)18)20-12-6(2)4-7(15)11(14)10(8)12/h4-5H,3H2,1-2H3,(H,19,20). The van der Waals surface area contributed by atoms with Gasteiger partial charge in [-0.25, -0.2) is 9.37 Å². The molecule has 20 heavy (non-hydrogen) atoms. The fraction of sp³-hybridized carbons (Fsp3) is 0.308. The molecule has 0 atom stereocenters. The van der Waals surface area contributed by atoms with Gasteiger partial charge in [0.2, 0.25) is 0 Å². The first-order valence-electron chi connectivity index (χ1n) is 5.86. The third-order valence-electron chi connectivity index (χ3n) is 2.82. The molecule has 0 bridgehead atoms. The zero-order valence-corrected chi connectivity index (χ0v) is 12.3. The summed E-state index contributed by atoms with van der Waals surface area (Å²) < 4.78 is 52.5. The fourth-order valence-corrected chi connectivity index (χ4v) is 2.48. The zero-order chi connectivity index (χ0) is 15.1. The summed E-state index contributed by atoms with van der Waals surface area (Å²) in [4.78, 5) is 3.63. The number of pyridine rings is 1. The van der Waals surface area contributed by atoms with Crippen molar-refractivity contribution in [3.63, 3.8) is 0 Å². The molecule has 7 heteroatoms. The van der Waals surface area contributed by atoms with Gasteiger partial charge in [0.1, 0.15) is 11.5 Å². The second kappa shape index (κ2) is 5.20. The van der Waals surface area contributed by atoms with E-state index in [0.717, 1.165) is 12.1 Å². The van der Waals surface area contributed by atoms with Gasteiger partial charge in [-0.1, -0.05) is 0 Å². The molecular formula is C13H11BrF4N2. The number of aromatic nitrogens is 1. The van der Waals surface area contributed by atoms with E-state index < -0.39 is 17.7 Å². The van der Waals surface area contributed by atoms with E-state index in [1.54, 1.807) is 6.92 Å². The predicted octanol–water partition coefficient (Wildman–Crippen LogP) is 4.90. The highest BCUT2D eigenvalue weighted by molar-refractivity contribution is 9.10. The van der Waals surface area contributed by atoms with Gasteiger partial charge in [0, 0.05) is 17.6 Å². The Labute approximate surface area is 121 Å². The number of aryl methyl sites for hydroxylation is 1. The van der Waals surface area contributed by atoms with Crippen LogP contribution in [0.5, 0.6) is 0 Å². The van der Waals surface area contributed by atoms with Crippen LogP contribution in [-0.2, 0) is 6.18 Å². The van der Waals surface area contributed by atoms with Crippen molar-refractivity contribution in [1.29, 1.82) is 0 Å². The Morgan fingerprint density at radius 3 is 2.50 bits per heavy atom. The van der Waals surface area contributed by atoms with Gasteiger partial charge in [-0.05, 0) is 47.5 Å². The summed E-state index contributed by atoms with van der Waals surface area (Å²) in [6.07, 6.45) is -4.55. The largest absolute Gasteiger partial charge is 0.433 e. The Bertz CT molecular complexity index is 668. The molecule has 2 aromatic rings. The minimum Gasteiger partial charge on any atom is -0.385 e. The second-order valence-corrected chi connectivity index (χ2v) is 5.09. The van der Waals surface area contributed by atoms with Crippen LogP contribution in [0.25, 0.3) is 10.9 Å². The molecule has 0 aliphatic heterocycles. The molecule has 2 nitrogen and oxygen atoms in total. The van der Waals surface area contributed by atoms with Gasteiger partial charge in [-0.2, -0.15) is 13.2 Å². The maximum absolute atomic E-state index is 13.7. The average Bonchev–Trinajstić information content (AvgIpc) is 2.34. The zero-order valence-electron chi connectivity index (χ0n) is 10.7. The highest BCUT2D eigenvalue weighted by Gasteiger charge is 2.34. The first-order valence-corrected chi connectivity index (χ1v) is 6.65. The Morgan fingerprint density at radius 1 is 1.30 bits per heavy atom. The number of nitrogens with one attached hydrogen (secondary N) is 1. The van der Waals surface area contributed by atoms with Crippen molar-refractivity contribution in [2.45, 2.75) is 20.0 Å². The molecule has 1 aromatic heterocycles. The lowest BCUT2D eigenvalue weighted by Crippen LogP contribution is -2.11. The van der Waals surface area contributed by atoms with Gasteiger partial charge in [-0.3, -0.25) is 0 Å².